The van der Waals surface area contributed by atoms with Crippen LogP contribution in [0.15, 0.2) is 23.8 Å². The highest BCUT2D eigenvalue weighted by Crippen LogP contribution is 2.38. The van der Waals surface area contributed by atoms with E-state index in [4.69, 9.17) is 0 Å². The summed E-state index contributed by atoms with van der Waals surface area (Å²) in [6, 6.07) is 2.40. The second-order valence-corrected chi connectivity index (χ2v) is 7.59. The lowest BCUT2D eigenvalue weighted by Crippen LogP contribution is -2.15. The van der Waals surface area contributed by atoms with Crippen molar-refractivity contribution >= 4 is 5.57 Å². The standard InChI is InChI=1S/C20H28/c1-12-9-18-16(5)19(11-20(6,7)8)13(2)10-17(18)15(4)14(12)3/h10H,1,9,11H2,2-8H3. The summed E-state index contributed by atoms with van der Waals surface area (Å²) in [6.45, 7) is 20.2. The van der Waals surface area contributed by atoms with Crippen LogP contribution in [0.1, 0.15) is 62.4 Å². The molecule has 108 valence electrons. The summed E-state index contributed by atoms with van der Waals surface area (Å²) in [7, 11) is 0. The maximum atomic E-state index is 4.25. The summed E-state index contributed by atoms with van der Waals surface area (Å²) in [5, 5.41) is 0. The Morgan fingerprint density at radius 3 is 2.20 bits per heavy atom. The van der Waals surface area contributed by atoms with Gasteiger partial charge in [-0.25, -0.2) is 0 Å². The minimum Gasteiger partial charge on any atom is -0.0952 e. The summed E-state index contributed by atoms with van der Waals surface area (Å²) in [5.41, 5.74) is 11.8. The van der Waals surface area contributed by atoms with E-state index in [-0.39, 0.29) is 0 Å². The molecule has 0 amide bonds. The largest absolute Gasteiger partial charge is 0.0952 e. The van der Waals surface area contributed by atoms with E-state index in [0.717, 1.165) is 12.8 Å². The van der Waals surface area contributed by atoms with Crippen molar-refractivity contribution in [3.63, 3.8) is 0 Å². The first kappa shape index (κ1) is 15.1. The molecule has 0 spiro atoms. The second-order valence-electron chi connectivity index (χ2n) is 7.59. The SMILES string of the molecule is C=C1Cc2c(cc(C)c(CC(C)(C)C)c2C)C(C)=C1C. The first-order valence-corrected chi connectivity index (χ1v) is 7.60. The molecule has 0 aromatic heterocycles. The Hall–Kier alpha value is -1.30. The van der Waals surface area contributed by atoms with Gasteiger partial charge >= 0.3 is 0 Å². The number of fused-ring (bicyclic) bond motifs is 1. The molecule has 0 saturated heterocycles. The van der Waals surface area contributed by atoms with Crippen LogP contribution in [0.5, 0.6) is 0 Å². The minimum absolute atomic E-state index is 0.330. The Kier molecular flexibility index (Phi) is 3.71. The summed E-state index contributed by atoms with van der Waals surface area (Å²) >= 11 is 0. The van der Waals surface area contributed by atoms with E-state index < -0.39 is 0 Å². The van der Waals surface area contributed by atoms with Crippen molar-refractivity contribution in [1.82, 2.24) is 0 Å². The smallest absolute Gasteiger partial charge is 0.00201 e. The lowest BCUT2D eigenvalue weighted by atomic mass is 9.77. The van der Waals surface area contributed by atoms with Crippen LogP contribution in [0.2, 0.25) is 0 Å². The molecule has 0 radical (unpaired) electrons. The Morgan fingerprint density at radius 1 is 1.05 bits per heavy atom. The lowest BCUT2D eigenvalue weighted by molar-refractivity contribution is 0.409. The molecule has 0 atom stereocenters. The highest BCUT2D eigenvalue weighted by atomic mass is 14.3. The molecule has 0 bridgehead atoms. The van der Waals surface area contributed by atoms with Gasteiger partial charge in [0.25, 0.3) is 0 Å². The van der Waals surface area contributed by atoms with E-state index in [1.165, 1.54) is 44.5 Å². The maximum absolute atomic E-state index is 4.25. The van der Waals surface area contributed by atoms with Crippen molar-refractivity contribution in [2.45, 2.75) is 61.3 Å². The number of rotatable bonds is 1. The molecule has 20 heavy (non-hydrogen) atoms. The van der Waals surface area contributed by atoms with E-state index in [2.05, 4.69) is 61.1 Å². The third kappa shape index (κ3) is 2.61. The van der Waals surface area contributed by atoms with E-state index in [9.17, 15) is 0 Å². The topological polar surface area (TPSA) is 0 Å². The van der Waals surface area contributed by atoms with Crippen LogP contribution < -0.4 is 0 Å². The zero-order valence-corrected chi connectivity index (χ0v) is 14.2. The molecule has 0 fully saturated rings. The summed E-state index contributed by atoms with van der Waals surface area (Å²) < 4.78 is 0. The first-order chi connectivity index (χ1) is 9.11. The van der Waals surface area contributed by atoms with Crippen LogP contribution in [0.3, 0.4) is 0 Å². The molecule has 0 nitrogen and oxygen atoms in total. The van der Waals surface area contributed by atoms with Gasteiger partial charge in [-0.2, -0.15) is 0 Å². The van der Waals surface area contributed by atoms with Gasteiger partial charge in [0.15, 0.2) is 0 Å². The van der Waals surface area contributed by atoms with Gasteiger partial charge in [-0.15, -0.1) is 0 Å². The second kappa shape index (κ2) is 4.91. The molecule has 0 heterocycles. The van der Waals surface area contributed by atoms with E-state index >= 15 is 0 Å². The number of hydrogen-bond donors (Lipinski definition) is 0. The number of aryl methyl sites for hydroxylation is 1. The third-order valence-electron chi connectivity index (χ3n) is 4.66. The molecule has 0 heteroatoms. The Balaban J connectivity index is 2.64. The average Bonchev–Trinajstić information content (AvgIpc) is 2.33. The van der Waals surface area contributed by atoms with E-state index in [0.29, 0.717) is 5.41 Å². The molecule has 1 aliphatic rings. The molecular weight excluding hydrogens is 240 g/mol. The monoisotopic (exact) mass is 268 g/mol. The van der Waals surface area contributed by atoms with Gasteiger partial charge in [-0.3, -0.25) is 0 Å². The van der Waals surface area contributed by atoms with E-state index in [1.54, 1.807) is 0 Å². The van der Waals surface area contributed by atoms with Crippen molar-refractivity contribution in [3.05, 3.63) is 51.6 Å². The van der Waals surface area contributed by atoms with Gasteiger partial charge in [0.1, 0.15) is 0 Å². The normalized spacial score (nSPS) is 15.7. The van der Waals surface area contributed by atoms with Gasteiger partial charge in [-0.05, 0) is 90.5 Å². The Bertz CT molecular complexity index is 604. The van der Waals surface area contributed by atoms with Crippen molar-refractivity contribution in [1.29, 1.82) is 0 Å². The van der Waals surface area contributed by atoms with Crippen molar-refractivity contribution in [3.8, 4) is 0 Å². The summed E-state index contributed by atoms with van der Waals surface area (Å²) in [4.78, 5) is 0. The Labute approximate surface area is 124 Å². The van der Waals surface area contributed by atoms with Crippen molar-refractivity contribution < 1.29 is 0 Å². The van der Waals surface area contributed by atoms with Crippen LogP contribution >= 0.6 is 0 Å². The van der Waals surface area contributed by atoms with Gasteiger partial charge in [0.2, 0.25) is 0 Å². The molecule has 0 saturated carbocycles. The lowest BCUT2D eigenvalue weighted by Gasteiger charge is -2.28. The third-order valence-corrected chi connectivity index (χ3v) is 4.66. The minimum atomic E-state index is 0.330. The number of hydrogen-bond acceptors (Lipinski definition) is 0. The molecule has 1 aromatic rings. The predicted octanol–water partition coefficient (Wildman–Crippen LogP) is 5.80. The van der Waals surface area contributed by atoms with Crippen LogP contribution in [0.25, 0.3) is 5.57 Å². The van der Waals surface area contributed by atoms with Crippen molar-refractivity contribution in [2.24, 2.45) is 5.41 Å². The number of benzene rings is 1. The zero-order chi connectivity index (χ0) is 15.2. The highest BCUT2D eigenvalue weighted by Gasteiger charge is 2.23. The molecule has 0 aliphatic heterocycles. The molecule has 2 rings (SSSR count). The highest BCUT2D eigenvalue weighted by molar-refractivity contribution is 5.78. The predicted molar refractivity (Wildman–Crippen MR) is 90.2 cm³/mol. The average molecular weight is 268 g/mol. The summed E-state index contributed by atoms with van der Waals surface area (Å²) in [6.07, 6.45) is 2.16. The fourth-order valence-electron chi connectivity index (χ4n) is 3.25. The molecular formula is C20H28. The van der Waals surface area contributed by atoms with Crippen LogP contribution in [0, 0.1) is 19.3 Å². The molecule has 0 N–H and O–H groups in total. The van der Waals surface area contributed by atoms with Gasteiger partial charge in [0.05, 0.1) is 0 Å². The quantitative estimate of drug-likeness (QED) is 0.604. The molecule has 1 aliphatic carbocycles. The summed E-state index contributed by atoms with van der Waals surface area (Å²) in [5.74, 6) is 0. The Morgan fingerprint density at radius 2 is 1.65 bits per heavy atom. The van der Waals surface area contributed by atoms with Crippen LogP contribution in [-0.2, 0) is 12.8 Å². The first-order valence-electron chi connectivity index (χ1n) is 7.60. The van der Waals surface area contributed by atoms with Gasteiger partial charge in [-0.1, -0.05) is 33.4 Å². The van der Waals surface area contributed by atoms with Gasteiger partial charge in [0, 0.05) is 0 Å². The van der Waals surface area contributed by atoms with Crippen molar-refractivity contribution in [2.75, 3.05) is 0 Å². The number of allylic oxidation sites excluding steroid dienone is 3. The fourth-order valence-corrected chi connectivity index (χ4v) is 3.25. The van der Waals surface area contributed by atoms with Crippen LogP contribution in [-0.4, -0.2) is 0 Å². The maximum Gasteiger partial charge on any atom is -0.00201 e. The van der Waals surface area contributed by atoms with E-state index in [1.807, 2.05) is 0 Å². The van der Waals surface area contributed by atoms with Crippen LogP contribution in [0.4, 0.5) is 0 Å². The van der Waals surface area contributed by atoms with Gasteiger partial charge < -0.3 is 0 Å². The molecule has 1 aromatic carbocycles. The zero-order valence-electron chi connectivity index (χ0n) is 14.2. The fraction of sp³-hybridized carbons (Fsp3) is 0.500. The molecule has 0 unspecified atom stereocenters.